The zero-order chi connectivity index (χ0) is 20.5. The van der Waals surface area contributed by atoms with E-state index in [0.29, 0.717) is 21.6 Å². The zero-order valence-electron chi connectivity index (χ0n) is 15.7. The van der Waals surface area contributed by atoms with Crippen LogP contribution in [0.5, 0.6) is 0 Å². The van der Waals surface area contributed by atoms with Gasteiger partial charge in [0, 0.05) is 17.8 Å². The number of oxazole rings is 1. The highest BCUT2D eigenvalue weighted by Crippen LogP contribution is 2.29. The van der Waals surface area contributed by atoms with Gasteiger partial charge in [0.2, 0.25) is 5.89 Å². The Labute approximate surface area is 175 Å². The van der Waals surface area contributed by atoms with Crippen LogP contribution in [-0.4, -0.2) is 16.1 Å². The van der Waals surface area contributed by atoms with Crippen molar-refractivity contribution in [3.8, 4) is 11.5 Å². The van der Waals surface area contributed by atoms with Crippen molar-refractivity contribution in [3.63, 3.8) is 0 Å². The van der Waals surface area contributed by atoms with Crippen LogP contribution in [0.25, 0.3) is 22.6 Å². The summed E-state index contributed by atoms with van der Waals surface area (Å²) in [5.74, 6) is 0.529. The lowest BCUT2D eigenvalue weighted by Gasteiger charge is -1.99. The second-order valence-electron chi connectivity index (χ2n) is 6.70. The first-order chi connectivity index (χ1) is 13.9. The lowest BCUT2D eigenvalue weighted by molar-refractivity contribution is -0.385. The topological polar surface area (TPSA) is 81.5 Å². The molecule has 0 aliphatic heterocycles. The first-order valence-corrected chi connectivity index (χ1v) is 9.66. The van der Waals surface area contributed by atoms with Gasteiger partial charge in [-0.25, -0.2) is 4.98 Å². The summed E-state index contributed by atoms with van der Waals surface area (Å²) in [6, 6.07) is 16.4. The predicted octanol–water partition coefficient (Wildman–Crippen LogP) is 6.53. The first-order valence-electron chi connectivity index (χ1n) is 8.87. The Kier molecular flexibility index (Phi) is 4.98. The molecule has 7 heteroatoms. The third-order valence-corrected chi connectivity index (χ3v) is 5.30. The van der Waals surface area contributed by atoms with Gasteiger partial charge in [0.05, 0.1) is 15.1 Å². The highest BCUT2D eigenvalue weighted by atomic mass is 79.9. The van der Waals surface area contributed by atoms with Crippen LogP contribution in [0, 0.1) is 24.0 Å². The molecule has 144 valence electrons. The van der Waals surface area contributed by atoms with Crippen LogP contribution in [0.4, 0.5) is 11.4 Å². The van der Waals surface area contributed by atoms with Crippen molar-refractivity contribution < 1.29 is 9.34 Å². The summed E-state index contributed by atoms with van der Waals surface area (Å²) in [6.45, 7) is 4.09. The molecule has 6 nitrogen and oxygen atoms in total. The third kappa shape index (κ3) is 3.95. The van der Waals surface area contributed by atoms with E-state index in [1.807, 2.05) is 50.2 Å². The molecule has 0 aliphatic carbocycles. The second kappa shape index (κ2) is 7.60. The number of aliphatic imine (C=N–C) groups is 1. The molecule has 0 N–H and O–H groups in total. The summed E-state index contributed by atoms with van der Waals surface area (Å²) in [4.78, 5) is 19.7. The minimum atomic E-state index is -0.432. The summed E-state index contributed by atoms with van der Waals surface area (Å²) in [5.41, 5.74) is 6.04. The number of rotatable bonds is 4. The van der Waals surface area contributed by atoms with Crippen molar-refractivity contribution in [3.05, 3.63) is 85.9 Å². The zero-order valence-corrected chi connectivity index (χ0v) is 17.3. The SMILES string of the molecule is Cc1cc2nc(-c3cccc(N=Cc4ccc(Br)c([N+](=O)[O-])c4)c3)oc2cc1C. The number of nitro groups is 1. The molecule has 0 unspecified atom stereocenters. The van der Waals surface area contributed by atoms with Crippen LogP contribution >= 0.6 is 15.9 Å². The lowest BCUT2D eigenvalue weighted by Crippen LogP contribution is -1.91. The third-order valence-electron chi connectivity index (χ3n) is 4.63. The largest absolute Gasteiger partial charge is 0.436 e. The standard InChI is InChI=1S/C22H16BrN3O3/c1-13-8-19-21(9-14(13)2)29-22(25-19)16-4-3-5-17(11-16)24-12-15-6-7-18(23)20(10-15)26(27)28/h3-12H,1-2H3. The van der Waals surface area contributed by atoms with Crippen LogP contribution in [0.15, 0.2) is 68.5 Å². The van der Waals surface area contributed by atoms with E-state index < -0.39 is 4.92 Å². The molecule has 0 fully saturated rings. The van der Waals surface area contributed by atoms with E-state index in [-0.39, 0.29) is 5.69 Å². The summed E-state index contributed by atoms with van der Waals surface area (Å²) in [5, 5.41) is 11.1. The van der Waals surface area contributed by atoms with Gasteiger partial charge in [-0.3, -0.25) is 15.1 Å². The molecule has 0 spiro atoms. The van der Waals surface area contributed by atoms with Crippen LogP contribution in [-0.2, 0) is 0 Å². The van der Waals surface area contributed by atoms with Gasteiger partial charge in [0.15, 0.2) is 5.58 Å². The molecule has 0 saturated heterocycles. The van der Waals surface area contributed by atoms with Crippen molar-refractivity contribution in [1.29, 1.82) is 0 Å². The number of nitro benzene ring substituents is 1. The van der Waals surface area contributed by atoms with E-state index in [2.05, 4.69) is 25.9 Å². The van der Waals surface area contributed by atoms with Crippen molar-refractivity contribution in [1.82, 2.24) is 4.98 Å². The maximum absolute atomic E-state index is 11.1. The highest BCUT2D eigenvalue weighted by molar-refractivity contribution is 9.10. The van der Waals surface area contributed by atoms with Gasteiger partial charge in [-0.05, 0) is 82.9 Å². The smallest absolute Gasteiger partial charge is 0.284 e. The normalized spacial score (nSPS) is 11.4. The molecule has 0 aliphatic rings. The Bertz CT molecular complexity index is 1240. The maximum Gasteiger partial charge on any atom is 0.284 e. The molecule has 0 saturated carbocycles. The van der Waals surface area contributed by atoms with Crippen molar-refractivity contribution in [2.75, 3.05) is 0 Å². The number of benzene rings is 3. The molecule has 1 aromatic heterocycles. The highest BCUT2D eigenvalue weighted by Gasteiger charge is 2.12. The number of halogens is 1. The Balaban J connectivity index is 1.65. The Morgan fingerprint density at radius 3 is 2.69 bits per heavy atom. The van der Waals surface area contributed by atoms with Crippen LogP contribution < -0.4 is 0 Å². The fourth-order valence-corrected chi connectivity index (χ4v) is 3.31. The van der Waals surface area contributed by atoms with Gasteiger partial charge in [0.1, 0.15) is 5.52 Å². The van der Waals surface area contributed by atoms with E-state index in [9.17, 15) is 10.1 Å². The molecular weight excluding hydrogens is 434 g/mol. The predicted molar refractivity (Wildman–Crippen MR) is 117 cm³/mol. The number of hydrogen-bond acceptors (Lipinski definition) is 5. The molecule has 0 amide bonds. The number of fused-ring (bicyclic) bond motifs is 1. The van der Waals surface area contributed by atoms with Gasteiger partial charge in [-0.1, -0.05) is 12.1 Å². The summed E-state index contributed by atoms with van der Waals surface area (Å²) < 4.78 is 6.35. The lowest BCUT2D eigenvalue weighted by atomic mass is 10.1. The number of aromatic nitrogens is 1. The van der Waals surface area contributed by atoms with Gasteiger partial charge in [-0.2, -0.15) is 0 Å². The van der Waals surface area contributed by atoms with Gasteiger partial charge >= 0.3 is 0 Å². The minimum Gasteiger partial charge on any atom is -0.436 e. The monoisotopic (exact) mass is 449 g/mol. The summed E-state index contributed by atoms with van der Waals surface area (Å²) in [6.07, 6.45) is 1.59. The Hall–Kier alpha value is -3.32. The van der Waals surface area contributed by atoms with E-state index in [0.717, 1.165) is 22.2 Å². The van der Waals surface area contributed by atoms with Crippen molar-refractivity contribution in [2.45, 2.75) is 13.8 Å². The average molecular weight is 450 g/mol. The fraction of sp³-hybridized carbons (Fsp3) is 0.0909. The maximum atomic E-state index is 11.1. The van der Waals surface area contributed by atoms with Gasteiger partial charge in [-0.15, -0.1) is 0 Å². The number of hydrogen-bond donors (Lipinski definition) is 0. The molecule has 3 aromatic carbocycles. The fourth-order valence-electron chi connectivity index (χ4n) is 2.92. The second-order valence-corrected chi connectivity index (χ2v) is 7.55. The van der Waals surface area contributed by atoms with E-state index in [1.54, 1.807) is 18.3 Å². The number of nitrogens with zero attached hydrogens (tertiary/aromatic N) is 3. The quantitative estimate of drug-likeness (QED) is 0.201. The van der Waals surface area contributed by atoms with Gasteiger partial charge < -0.3 is 4.42 Å². The summed E-state index contributed by atoms with van der Waals surface area (Å²) in [7, 11) is 0. The van der Waals surface area contributed by atoms with E-state index in [1.165, 1.54) is 11.6 Å². The molecule has 4 aromatic rings. The first kappa shape index (κ1) is 19.0. The Morgan fingerprint density at radius 2 is 1.90 bits per heavy atom. The van der Waals surface area contributed by atoms with Crippen LogP contribution in [0.2, 0.25) is 0 Å². The molecule has 4 rings (SSSR count). The molecular formula is C22H16BrN3O3. The molecule has 29 heavy (non-hydrogen) atoms. The molecule has 0 atom stereocenters. The Morgan fingerprint density at radius 1 is 1.10 bits per heavy atom. The number of aryl methyl sites for hydroxylation is 2. The molecule has 0 radical (unpaired) electrons. The van der Waals surface area contributed by atoms with E-state index in [4.69, 9.17) is 4.42 Å². The minimum absolute atomic E-state index is 0.000219. The molecule has 1 heterocycles. The van der Waals surface area contributed by atoms with Crippen molar-refractivity contribution >= 4 is 44.6 Å². The van der Waals surface area contributed by atoms with Crippen molar-refractivity contribution in [2.24, 2.45) is 4.99 Å². The summed E-state index contributed by atoms with van der Waals surface area (Å²) >= 11 is 3.18. The average Bonchev–Trinajstić information content (AvgIpc) is 3.10. The van der Waals surface area contributed by atoms with E-state index >= 15 is 0 Å². The van der Waals surface area contributed by atoms with Crippen LogP contribution in [0.1, 0.15) is 16.7 Å². The van der Waals surface area contributed by atoms with Gasteiger partial charge in [0.25, 0.3) is 5.69 Å². The molecule has 0 bridgehead atoms. The van der Waals surface area contributed by atoms with Crippen LogP contribution in [0.3, 0.4) is 0 Å².